The van der Waals surface area contributed by atoms with Crippen LogP contribution in [0.15, 0.2) is 83.8 Å². The van der Waals surface area contributed by atoms with Crippen LogP contribution in [0.5, 0.6) is 0 Å². The first-order valence-electron chi connectivity index (χ1n) is 14.2. The van der Waals surface area contributed by atoms with E-state index in [1.807, 2.05) is 43.3 Å². The van der Waals surface area contributed by atoms with Crippen LogP contribution >= 0.6 is 11.6 Å². The number of carbonyl (C=O) groups excluding carboxylic acids is 2. The lowest BCUT2D eigenvalue weighted by Crippen LogP contribution is -2.54. The van der Waals surface area contributed by atoms with Gasteiger partial charge >= 0.3 is 0 Å². The Bertz CT molecular complexity index is 1420. The molecule has 0 aliphatic heterocycles. The molecule has 1 aliphatic rings. The summed E-state index contributed by atoms with van der Waals surface area (Å²) in [5, 5.41) is 3.58. The number of carbonyl (C=O) groups is 2. The number of nitrogens with zero attached hydrogens (tertiary/aromatic N) is 2. The van der Waals surface area contributed by atoms with Crippen LogP contribution in [0.4, 0.5) is 5.69 Å². The Balaban J connectivity index is 1.70. The van der Waals surface area contributed by atoms with Crippen LogP contribution in [-0.4, -0.2) is 43.8 Å². The third-order valence-electron chi connectivity index (χ3n) is 7.60. The summed E-state index contributed by atoms with van der Waals surface area (Å²) in [4.78, 5) is 29.3. The number of nitrogens with one attached hydrogen (secondary N) is 1. The van der Waals surface area contributed by atoms with Gasteiger partial charge in [0, 0.05) is 17.6 Å². The number of hydrogen-bond acceptors (Lipinski definition) is 4. The number of rotatable bonds is 11. The van der Waals surface area contributed by atoms with Crippen molar-refractivity contribution in [1.82, 2.24) is 10.2 Å². The summed E-state index contributed by atoms with van der Waals surface area (Å²) in [6.45, 7) is 3.40. The Hall–Kier alpha value is -3.36. The average Bonchev–Trinajstić information content (AvgIpc) is 2.97. The minimum absolute atomic E-state index is 0.0228. The molecule has 0 radical (unpaired) electrons. The largest absolute Gasteiger partial charge is 0.352 e. The van der Waals surface area contributed by atoms with Gasteiger partial charge in [0.25, 0.3) is 10.0 Å². The Morgan fingerprint density at radius 3 is 2.20 bits per heavy atom. The van der Waals surface area contributed by atoms with Gasteiger partial charge in [-0.05, 0) is 67.6 Å². The van der Waals surface area contributed by atoms with Gasteiger partial charge in [0.2, 0.25) is 11.8 Å². The number of hydrogen-bond donors (Lipinski definition) is 1. The summed E-state index contributed by atoms with van der Waals surface area (Å²) in [5.41, 5.74) is 1.96. The van der Waals surface area contributed by atoms with Crippen molar-refractivity contribution in [2.24, 2.45) is 0 Å². The molecule has 0 heterocycles. The molecule has 1 aliphatic carbocycles. The minimum atomic E-state index is -4.14. The highest BCUT2D eigenvalue weighted by Gasteiger charge is 2.34. The van der Waals surface area contributed by atoms with Crippen molar-refractivity contribution < 1.29 is 18.0 Å². The smallest absolute Gasteiger partial charge is 0.264 e. The van der Waals surface area contributed by atoms with E-state index in [9.17, 15) is 18.0 Å². The number of para-hydroxylation sites is 1. The Kier molecular flexibility index (Phi) is 10.5. The van der Waals surface area contributed by atoms with Crippen molar-refractivity contribution in [1.29, 1.82) is 0 Å². The SMILES string of the molecule is CC[C@H](C(=O)NC1CCCCC1)N(Cc1ccccc1)C(=O)CN(c1ccccc1C)S(=O)(=O)c1ccc(Cl)cc1. The molecule has 41 heavy (non-hydrogen) atoms. The second kappa shape index (κ2) is 14.0. The van der Waals surface area contributed by atoms with E-state index in [0.717, 1.165) is 35.6 Å². The van der Waals surface area contributed by atoms with Gasteiger partial charge in [0.1, 0.15) is 12.6 Å². The van der Waals surface area contributed by atoms with E-state index in [1.165, 1.54) is 35.6 Å². The summed E-state index contributed by atoms with van der Waals surface area (Å²) in [6.07, 6.45) is 5.56. The first-order chi connectivity index (χ1) is 19.7. The first-order valence-corrected chi connectivity index (χ1v) is 16.0. The molecule has 0 bridgehead atoms. The molecule has 0 aromatic heterocycles. The van der Waals surface area contributed by atoms with Crippen LogP contribution in [0.2, 0.25) is 5.02 Å². The number of sulfonamides is 1. The molecule has 1 atom stereocenters. The summed E-state index contributed by atoms with van der Waals surface area (Å²) in [5.74, 6) is -0.660. The van der Waals surface area contributed by atoms with Crippen molar-refractivity contribution in [3.05, 3.63) is 95.0 Å². The van der Waals surface area contributed by atoms with Crippen LogP contribution in [0.1, 0.15) is 56.6 Å². The zero-order valence-corrected chi connectivity index (χ0v) is 25.2. The summed E-state index contributed by atoms with van der Waals surface area (Å²) in [7, 11) is -4.14. The third kappa shape index (κ3) is 7.68. The van der Waals surface area contributed by atoms with Gasteiger partial charge in [-0.25, -0.2) is 8.42 Å². The van der Waals surface area contributed by atoms with Crippen LogP contribution in [0, 0.1) is 6.92 Å². The molecule has 2 amide bonds. The van der Waals surface area contributed by atoms with Gasteiger partial charge in [-0.15, -0.1) is 0 Å². The van der Waals surface area contributed by atoms with Crippen LogP contribution in [-0.2, 0) is 26.2 Å². The maximum atomic E-state index is 14.2. The number of amides is 2. The molecule has 3 aromatic carbocycles. The van der Waals surface area contributed by atoms with E-state index in [0.29, 0.717) is 22.7 Å². The van der Waals surface area contributed by atoms with E-state index < -0.39 is 28.5 Å². The van der Waals surface area contributed by atoms with E-state index in [2.05, 4.69) is 5.32 Å². The number of halogens is 1. The van der Waals surface area contributed by atoms with Crippen molar-refractivity contribution in [3.8, 4) is 0 Å². The van der Waals surface area contributed by atoms with Gasteiger partial charge in [0.05, 0.1) is 10.6 Å². The van der Waals surface area contributed by atoms with Gasteiger partial charge in [-0.3, -0.25) is 13.9 Å². The first kappa shape index (κ1) is 30.6. The molecule has 3 aromatic rings. The standard InChI is InChI=1S/C32H38ClN3O4S/c1-3-29(32(38)34-27-15-8-5-9-16-27)35(22-25-13-6-4-7-14-25)31(37)23-36(30-17-11-10-12-24(30)2)41(39,40)28-20-18-26(33)19-21-28/h4,6-7,10-14,17-21,27,29H,3,5,8-9,15-16,22-23H2,1-2H3,(H,34,38)/t29-/m1/s1. The van der Waals surface area contributed by atoms with Gasteiger partial charge in [0.15, 0.2) is 0 Å². The Labute approximate surface area is 248 Å². The van der Waals surface area contributed by atoms with Crippen molar-refractivity contribution in [3.63, 3.8) is 0 Å². The molecule has 0 saturated heterocycles. The fraction of sp³-hybridized carbons (Fsp3) is 0.375. The lowest BCUT2D eigenvalue weighted by molar-refractivity contribution is -0.140. The molecule has 218 valence electrons. The zero-order valence-electron chi connectivity index (χ0n) is 23.6. The molecule has 9 heteroatoms. The van der Waals surface area contributed by atoms with Gasteiger partial charge < -0.3 is 10.2 Å². The normalized spacial score (nSPS) is 14.7. The Morgan fingerprint density at radius 2 is 1.56 bits per heavy atom. The highest BCUT2D eigenvalue weighted by Crippen LogP contribution is 2.28. The highest BCUT2D eigenvalue weighted by atomic mass is 35.5. The molecule has 1 N–H and O–H groups in total. The zero-order chi connectivity index (χ0) is 29.4. The summed E-state index contributed by atoms with van der Waals surface area (Å²) >= 11 is 6.03. The maximum absolute atomic E-state index is 14.2. The topological polar surface area (TPSA) is 86.8 Å². The fourth-order valence-electron chi connectivity index (χ4n) is 5.33. The second-order valence-electron chi connectivity index (χ2n) is 10.5. The van der Waals surface area contributed by atoms with E-state index in [1.54, 1.807) is 25.1 Å². The number of aryl methyl sites for hydroxylation is 1. The van der Waals surface area contributed by atoms with Gasteiger partial charge in [-0.1, -0.05) is 86.3 Å². The fourth-order valence-corrected chi connectivity index (χ4v) is 6.94. The second-order valence-corrected chi connectivity index (χ2v) is 12.8. The minimum Gasteiger partial charge on any atom is -0.352 e. The van der Waals surface area contributed by atoms with Crippen LogP contribution in [0.25, 0.3) is 0 Å². The molecular formula is C32H38ClN3O4S. The van der Waals surface area contributed by atoms with E-state index in [4.69, 9.17) is 11.6 Å². The van der Waals surface area contributed by atoms with Gasteiger partial charge in [-0.2, -0.15) is 0 Å². The van der Waals surface area contributed by atoms with E-state index >= 15 is 0 Å². The average molecular weight is 596 g/mol. The molecule has 0 unspecified atom stereocenters. The Morgan fingerprint density at radius 1 is 0.927 bits per heavy atom. The molecule has 1 saturated carbocycles. The predicted octanol–water partition coefficient (Wildman–Crippen LogP) is 6.10. The number of anilines is 1. The monoisotopic (exact) mass is 595 g/mol. The molecule has 1 fully saturated rings. The van der Waals surface area contributed by atoms with E-state index in [-0.39, 0.29) is 23.4 Å². The molecule has 4 rings (SSSR count). The maximum Gasteiger partial charge on any atom is 0.264 e. The van der Waals surface area contributed by atoms with Crippen LogP contribution < -0.4 is 9.62 Å². The molecular weight excluding hydrogens is 558 g/mol. The lowest BCUT2D eigenvalue weighted by atomic mass is 9.95. The van der Waals surface area contributed by atoms with Crippen molar-refractivity contribution in [2.75, 3.05) is 10.8 Å². The van der Waals surface area contributed by atoms with Crippen LogP contribution in [0.3, 0.4) is 0 Å². The summed E-state index contributed by atoms with van der Waals surface area (Å²) in [6, 6.07) is 21.7. The summed E-state index contributed by atoms with van der Waals surface area (Å²) < 4.78 is 29.1. The lowest BCUT2D eigenvalue weighted by Gasteiger charge is -2.34. The highest BCUT2D eigenvalue weighted by molar-refractivity contribution is 7.92. The molecule has 7 nitrogen and oxygen atoms in total. The number of benzene rings is 3. The quantitative estimate of drug-likeness (QED) is 0.290. The third-order valence-corrected chi connectivity index (χ3v) is 9.62. The predicted molar refractivity (Wildman–Crippen MR) is 163 cm³/mol. The van der Waals surface area contributed by atoms with Crippen molar-refractivity contribution >= 4 is 39.1 Å². The van der Waals surface area contributed by atoms with Crippen molar-refractivity contribution in [2.45, 2.75) is 75.9 Å². The molecule has 0 spiro atoms.